The van der Waals surface area contributed by atoms with Crippen molar-refractivity contribution in [1.82, 2.24) is 29.9 Å². The number of halogens is 2. The van der Waals surface area contributed by atoms with Crippen LogP contribution in [0.1, 0.15) is 63.3 Å². The lowest BCUT2D eigenvalue weighted by Gasteiger charge is -2.62. The zero-order valence-electron chi connectivity index (χ0n) is 34.8. The van der Waals surface area contributed by atoms with E-state index in [9.17, 15) is 24.0 Å². The SMILES string of the molecule is COc1cc(-c2cn(C)c(=O)c3cc(C(=O)NC4CCN(C5CC6(C5)CN(c5ccc7c(c5)C(=O)N(C5CCC(=O)NC5=O)C7)C6)CC4(F)F)sc23)cc(OC)c1CN(C)C. The van der Waals surface area contributed by atoms with E-state index in [-0.39, 0.29) is 46.5 Å². The number of anilines is 1. The van der Waals surface area contributed by atoms with Gasteiger partial charge >= 0.3 is 0 Å². The first-order valence-corrected chi connectivity index (χ1v) is 21.4. The van der Waals surface area contributed by atoms with Gasteiger partial charge in [-0.25, -0.2) is 8.78 Å². The number of alkyl halides is 2. The van der Waals surface area contributed by atoms with Crippen LogP contribution in [0, 0.1) is 5.41 Å². The van der Waals surface area contributed by atoms with E-state index in [1.807, 2.05) is 54.2 Å². The molecule has 2 aromatic heterocycles. The lowest BCUT2D eigenvalue weighted by Crippen LogP contribution is -2.69. The first kappa shape index (κ1) is 41.0. The van der Waals surface area contributed by atoms with E-state index in [2.05, 4.69) is 15.5 Å². The van der Waals surface area contributed by atoms with E-state index >= 15 is 8.78 Å². The summed E-state index contributed by atoms with van der Waals surface area (Å²) in [5.41, 5.74) is 4.31. The Hall–Kier alpha value is -5.39. The molecule has 5 aliphatic rings. The molecule has 4 aliphatic heterocycles. The molecular formula is C44H49F2N7O7S. The quantitative estimate of drug-likeness (QED) is 0.223. The van der Waals surface area contributed by atoms with Crippen molar-refractivity contribution < 1.29 is 37.4 Å². The summed E-state index contributed by atoms with van der Waals surface area (Å²) in [6.45, 7) is 2.39. The number of rotatable bonds is 10. The maximum absolute atomic E-state index is 15.9. The maximum Gasteiger partial charge on any atom is 0.280 e. The molecule has 2 aromatic carbocycles. The van der Waals surface area contributed by atoms with E-state index in [1.54, 1.807) is 32.4 Å². The Balaban J connectivity index is 0.823. The van der Waals surface area contributed by atoms with Gasteiger partial charge < -0.3 is 34.1 Å². The number of imide groups is 1. The second-order valence-corrected chi connectivity index (χ2v) is 18.7. The van der Waals surface area contributed by atoms with E-state index in [1.165, 1.54) is 10.6 Å². The fourth-order valence-electron chi connectivity index (χ4n) is 10.0. The third-order valence-corrected chi connectivity index (χ3v) is 14.4. The summed E-state index contributed by atoms with van der Waals surface area (Å²) < 4.78 is 45.2. The van der Waals surface area contributed by atoms with E-state index in [4.69, 9.17) is 9.47 Å². The van der Waals surface area contributed by atoms with Crippen LogP contribution in [0.3, 0.4) is 0 Å². The van der Waals surface area contributed by atoms with Crippen molar-refractivity contribution in [3.05, 3.63) is 74.5 Å². The number of hydrogen-bond donors (Lipinski definition) is 2. The highest BCUT2D eigenvalue weighted by Gasteiger charge is 2.56. The molecule has 322 valence electrons. The number of ether oxygens (including phenoxy) is 2. The predicted octanol–water partition coefficient (Wildman–Crippen LogP) is 4.22. The van der Waals surface area contributed by atoms with E-state index in [0.717, 1.165) is 59.6 Å². The monoisotopic (exact) mass is 857 g/mol. The van der Waals surface area contributed by atoms with Gasteiger partial charge in [-0.1, -0.05) is 6.07 Å². The van der Waals surface area contributed by atoms with Crippen molar-refractivity contribution >= 4 is 50.7 Å². The van der Waals surface area contributed by atoms with Crippen LogP contribution in [0.2, 0.25) is 0 Å². The summed E-state index contributed by atoms with van der Waals surface area (Å²) in [5.74, 6) is -3.57. The Kier molecular flexibility index (Phi) is 10.2. The molecule has 4 aromatic rings. The molecule has 17 heteroatoms. The number of thiophene rings is 1. The Bertz CT molecular complexity index is 2520. The highest BCUT2D eigenvalue weighted by atomic mass is 32.1. The molecule has 0 radical (unpaired) electrons. The summed E-state index contributed by atoms with van der Waals surface area (Å²) in [7, 11) is 8.68. The number of likely N-dealkylation sites (tertiary alicyclic amines) is 1. The van der Waals surface area contributed by atoms with Crippen molar-refractivity contribution in [2.75, 3.05) is 59.4 Å². The molecule has 2 N–H and O–H groups in total. The molecule has 0 bridgehead atoms. The van der Waals surface area contributed by atoms with Gasteiger partial charge in [0.2, 0.25) is 11.8 Å². The second-order valence-electron chi connectivity index (χ2n) is 17.6. The molecule has 2 unspecified atom stereocenters. The maximum atomic E-state index is 15.9. The molecular weight excluding hydrogens is 809 g/mol. The normalized spacial score (nSPS) is 22.3. The summed E-state index contributed by atoms with van der Waals surface area (Å²) in [6, 6.07) is 9.02. The van der Waals surface area contributed by atoms with Gasteiger partial charge in [-0.15, -0.1) is 11.3 Å². The molecule has 14 nitrogen and oxygen atoms in total. The third-order valence-electron chi connectivity index (χ3n) is 13.2. The first-order chi connectivity index (χ1) is 29.1. The number of nitrogens with zero attached hydrogens (tertiary/aromatic N) is 5. The number of benzene rings is 2. The van der Waals surface area contributed by atoms with Gasteiger partial charge in [0.25, 0.3) is 23.3 Å². The number of carbonyl (C=O) groups excluding carboxylic acids is 4. The average Bonchev–Trinajstić information content (AvgIpc) is 3.78. The second kappa shape index (κ2) is 15.2. The summed E-state index contributed by atoms with van der Waals surface area (Å²) in [4.78, 5) is 72.2. The van der Waals surface area contributed by atoms with Gasteiger partial charge in [-0.05, 0) is 81.2 Å². The van der Waals surface area contributed by atoms with Crippen molar-refractivity contribution in [2.24, 2.45) is 12.5 Å². The number of fused-ring (bicyclic) bond motifs is 2. The fourth-order valence-corrected chi connectivity index (χ4v) is 11.1. The zero-order chi connectivity index (χ0) is 43.1. The van der Waals surface area contributed by atoms with Crippen LogP contribution in [0.25, 0.3) is 21.2 Å². The standard InChI is InChI=1S/C44H49F2N7O7S/c1-49(2)19-31-33(59-4)12-25(13-34(31)60-5)30-20-50(3)41(57)29-15-35(61-38(29)30)40(56)47-36-10-11-51(23-44(36,45)46)27-16-43(17-27)21-52(22-43)26-7-6-24-18-53(42(58)28(24)14-26)32-8-9-37(54)48-39(32)55/h6-7,12-15,20,27,32,36H,8-11,16-19,21-23H2,1-5H3,(H,47,56)(H,48,54,55). The molecule has 4 fully saturated rings. The molecule has 4 amide bonds. The van der Waals surface area contributed by atoms with Crippen LogP contribution in [-0.2, 0) is 29.7 Å². The van der Waals surface area contributed by atoms with Gasteiger partial charge in [-0.2, -0.15) is 0 Å². The van der Waals surface area contributed by atoms with Crippen LogP contribution in [0.4, 0.5) is 14.5 Å². The summed E-state index contributed by atoms with van der Waals surface area (Å²) in [5, 5.41) is 5.28. The van der Waals surface area contributed by atoms with E-state index in [0.29, 0.717) is 58.8 Å². The van der Waals surface area contributed by atoms with Crippen LogP contribution in [0.15, 0.2) is 47.4 Å². The molecule has 3 saturated heterocycles. The average molecular weight is 858 g/mol. The molecule has 2 atom stereocenters. The highest BCUT2D eigenvalue weighted by Crippen LogP contribution is 2.52. The number of amides is 4. The molecule has 1 spiro atoms. The van der Waals surface area contributed by atoms with Crippen molar-refractivity contribution in [1.29, 1.82) is 0 Å². The van der Waals surface area contributed by atoms with Crippen molar-refractivity contribution in [2.45, 2.75) is 69.2 Å². The summed E-state index contributed by atoms with van der Waals surface area (Å²) in [6.07, 6.45) is 3.88. The Morgan fingerprint density at radius 3 is 2.36 bits per heavy atom. The minimum atomic E-state index is -3.17. The minimum Gasteiger partial charge on any atom is -0.496 e. The molecule has 1 saturated carbocycles. The third kappa shape index (κ3) is 7.23. The number of carbonyl (C=O) groups is 4. The fraction of sp³-hybridized carbons (Fsp3) is 0.477. The number of piperidine rings is 2. The largest absolute Gasteiger partial charge is 0.496 e. The Morgan fingerprint density at radius 2 is 1.70 bits per heavy atom. The lowest BCUT2D eigenvalue weighted by atomic mass is 9.60. The number of aryl methyl sites for hydroxylation is 1. The van der Waals surface area contributed by atoms with Crippen LogP contribution in [0.5, 0.6) is 11.5 Å². The number of methoxy groups -OCH3 is 2. The van der Waals surface area contributed by atoms with Crippen LogP contribution in [-0.4, -0.2) is 121 Å². The zero-order valence-corrected chi connectivity index (χ0v) is 35.6. The number of hydrogen-bond acceptors (Lipinski definition) is 11. The van der Waals surface area contributed by atoms with Gasteiger partial charge in [0.1, 0.15) is 17.5 Å². The number of pyridine rings is 1. The van der Waals surface area contributed by atoms with Gasteiger partial charge in [0.05, 0.1) is 42.6 Å². The smallest absolute Gasteiger partial charge is 0.280 e. The van der Waals surface area contributed by atoms with Crippen LogP contribution >= 0.6 is 11.3 Å². The molecule has 9 rings (SSSR count). The molecule has 61 heavy (non-hydrogen) atoms. The van der Waals surface area contributed by atoms with Crippen LogP contribution < -0.4 is 30.6 Å². The minimum absolute atomic E-state index is 0.0137. The predicted molar refractivity (Wildman–Crippen MR) is 226 cm³/mol. The Labute approximate surface area is 355 Å². The summed E-state index contributed by atoms with van der Waals surface area (Å²) >= 11 is 1.10. The van der Waals surface area contributed by atoms with E-state index < -0.39 is 36.4 Å². The molecule has 1 aliphatic carbocycles. The van der Waals surface area contributed by atoms with Crippen molar-refractivity contribution in [3.8, 4) is 22.6 Å². The lowest BCUT2D eigenvalue weighted by molar-refractivity contribution is -0.136. The highest BCUT2D eigenvalue weighted by molar-refractivity contribution is 7.21. The topological polar surface area (TPSA) is 146 Å². The first-order valence-electron chi connectivity index (χ1n) is 20.6. The van der Waals surface area contributed by atoms with Gasteiger partial charge in [0, 0.05) is 85.4 Å². The van der Waals surface area contributed by atoms with Crippen molar-refractivity contribution in [3.63, 3.8) is 0 Å². The Morgan fingerprint density at radius 1 is 0.984 bits per heavy atom. The molecule has 6 heterocycles. The number of aromatic nitrogens is 1. The number of nitrogens with one attached hydrogen (secondary N) is 2. The van der Waals surface area contributed by atoms with Gasteiger partial charge in [0.15, 0.2) is 0 Å². The van der Waals surface area contributed by atoms with Gasteiger partial charge in [-0.3, -0.25) is 34.2 Å².